The molecule has 1 unspecified atom stereocenters. The van der Waals surface area contributed by atoms with E-state index in [0.717, 1.165) is 10.5 Å². The van der Waals surface area contributed by atoms with E-state index in [9.17, 15) is 5.11 Å². The van der Waals surface area contributed by atoms with E-state index >= 15 is 0 Å². The van der Waals surface area contributed by atoms with Crippen LogP contribution >= 0.6 is 23.4 Å². The van der Waals surface area contributed by atoms with Gasteiger partial charge in [0, 0.05) is 4.90 Å². The molecule has 0 amide bonds. The van der Waals surface area contributed by atoms with Crippen LogP contribution in [0.1, 0.15) is 32.4 Å². The van der Waals surface area contributed by atoms with E-state index in [2.05, 4.69) is 0 Å². The number of hydrogen-bond donors (Lipinski definition) is 1. The fourth-order valence-electron chi connectivity index (χ4n) is 1.36. The first-order chi connectivity index (χ1) is 6.96. The second kappa shape index (κ2) is 5.24. The van der Waals surface area contributed by atoms with Gasteiger partial charge < -0.3 is 5.11 Å². The van der Waals surface area contributed by atoms with Gasteiger partial charge in [0.15, 0.2) is 0 Å². The molecule has 1 nitrogen and oxygen atoms in total. The summed E-state index contributed by atoms with van der Waals surface area (Å²) in [6.45, 7) is 6.08. The van der Waals surface area contributed by atoms with Crippen molar-refractivity contribution >= 4 is 23.4 Å². The van der Waals surface area contributed by atoms with Crippen molar-refractivity contribution < 1.29 is 5.11 Å². The molecule has 0 fully saturated rings. The molecule has 0 spiro atoms. The van der Waals surface area contributed by atoms with Crippen molar-refractivity contribution in [2.75, 3.05) is 5.21 Å². The molecule has 0 aliphatic carbocycles. The zero-order chi connectivity index (χ0) is 11.5. The summed E-state index contributed by atoms with van der Waals surface area (Å²) in [7, 11) is 0. The number of benzene rings is 1. The molecule has 1 rings (SSSR count). The Morgan fingerprint density at radius 3 is 2.47 bits per heavy atom. The lowest BCUT2D eigenvalue weighted by Gasteiger charge is -2.27. The maximum atomic E-state index is 10.2. The molecule has 0 saturated carbocycles. The summed E-state index contributed by atoms with van der Waals surface area (Å²) in [6.07, 6.45) is -0.454. The lowest BCUT2D eigenvalue weighted by Crippen LogP contribution is -2.18. The van der Waals surface area contributed by atoms with Crippen LogP contribution in [-0.4, -0.2) is 10.3 Å². The van der Waals surface area contributed by atoms with Gasteiger partial charge in [0.25, 0.3) is 0 Å². The highest BCUT2D eigenvalue weighted by atomic mass is 35.5. The summed E-state index contributed by atoms with van der Waals surface area (Å²) >= 11 is 7.26. The average molecular weight is 245 g/mol. The summed E-state index contributed by atoms with van der Waals surface area (Å²) in [4.78, 5) is 1.06. The standard InChI is InChI=1S/C12H17ClOS/c1-12(2,3)11(14)9-6-4-5-7-10(9)15-8-13/h4-7,11,14H,8H2,1-3H3. The largest absolute Gasteiger partial charge is 0.388 e. The van der Waals surface area contributed by atoms with E-state index in [0.29, 0.717) is 5.21 Å². The van der Waals surface area contributed by atoms with Gasteiger partial charge in [0.1, 0.15) is 0 Å². The maximum Gasteiger partial charge on any atom is 0.0849 e. The van der Waals surface area contributed by atoms with Crippen LogP contribution in [0.25, 0.3) is 0 Å². The van der Waals surface area contributed by atoms with E-state index < -0.39 is 6.10 Å². The van der Waals surface area contributed by atoms with Crippen LogP contribution in [0.4, 0.5) is 0 Å². The Morgan fingerprint density at radius 2 is 1.93 bits per heavy atom. The van der Waals surface area contributed by atoms with Crippen LogP contribution in [0.15, 0.2) is 29.2 Å². The van der Waals surface area contributed by atoms with E-state index in [4.69, 9.17) is 11.6 Å². The normalized spacial score (nSPS) is 13.9. The first-order valence-corrected chi connectivity index (χ1v) is 6.44. The molecule has 84 valence electrons. The van der Waals surface area contributed by atoms with Crippen LogP contribution in [0, 0.1) is 5.41 Å². The highest BCUT2D eigenvalue weighted by Gasteiger charge is 2.25. The minimum Gasteiger partial charge on any atom is -0.388 e. The molecule has 3 heteroatoms. The third kappa shape index (κ3) is 3.40. The second-order valence-electron chi connectivity index (χ2n) is 4.56. The molecule has 0 bridgehead atoms. The summed E-state index contributed by atoms with van der Waals surface area (Å²) in [5, 5.41) is 10.7. The maximum absolute atomic E-state index is 10.2. The van der Waals surface area contributed by atoms with E-state index in [1.165, 1.54) is 0 Å². The van der Waals surface area contributed by atoms with Gasteiger partial charge in [-0.3, -0.25) is 0 Å². The quantitative estimate of drug-likeness (QED) is 0.639. The summed E-state index contributed by atoms with van der Waals surface area (Å²) in [5.74, 6) is 0. The van der Waals surface area contributed by atoms with Crippen molar-refractivity contribution in [2.45, 2.75) is 31.8 Å². The van der Waals surface area contributed by atoms with Gasteiger partial charge in [-0.15, -0.1) is 23.4 Å². The Labute approximate surface area is 101 Å². The number of thioether (sulfide) groups is 1. The van der Waals surface area contributed by atoms with Crippen molar-refractivity contribution in [2.24, 2.45) is 5.41 Å². The predicted octanol–water partition coefficient (Wildman–Crippen LogP) is 4.05. The van der Waals surface area contributed by atoms with Crippen LogP contribution in [-0.2, 0) is 0 Å². The number of hydrogen-bond acceptors (Lipinski definition) is 2. The first-order valence-electron chi connectivity index (χ1n) is 4.92. The number of halogens is 1. The van der Waals surface area contributed by atoms with Crippen molar-refractivity contribution in [1.82, 2.24) is 0 Å². The summed E-state index contributed by atoms with van der Waals surface area (Å²) < 4.78 is 0. The predicted molar refractivity (Wildman–Crippen MR) is 67.4 cm³/mol. The fraction of sp³-hybridized carbons (Fsp3) is 0.500. The van der Waals surface area contributed by atoms with Crippen LogP contribution in [0.5, 0.6) is 0 Å². The van der Waals surface area contributed by atoms with Crippen molar-refractivity contribution in [3.63, 3.8) is 0 Å². The Bertz CT molecular complexity index is 320. The molecule has 0 aliphatic heterocycles. The van der Waals surface area contributed by atoms with Crippen LogP contribution in [0.2, 0.25) is 0 Å². The lowest BCUT2D eigenvalue weighted by atomic mass is 9.85. The van der Waals surface area contributed by atoms with E-state index in [1.807, 2.05) is 45.0 Å². The topological polar surface area (TPSA) is 20.2 Å². The highest BCUT2D eigenvalue weighted by Crippen LogP contribution is 2.37. The Morgan fingerprint density at radius 1 is 1.33 bits per heavy atom. The average Bonchev–Trinajstić information content (AvgIpc) is 2.17. The molecular weight excluding hydrogens is 228 g/mol. The molecule has 0 radical (unpaired) electrons. The van der Waals surface area contributed by atoms with Gasteiger partial charge in [0.2, 0.25) is 0 Å². The van der Waals surface area contributed by atoms with Gasteiger partial charge in [-0.25, -0.2) is 0 Å². The third-order valence-corrected chi connectivity index (χ3v) is 3.36. The van der Waals surface area contributed by atoms with Crippen molar-refractivity contribution in [3.8, 4) is 0 Å². The van der Waals surface area contributed by atoms with Crippen LogP contribution < -0.4 is 0 Å². The zero-order valence-corrected chi connectivity index (χ0v) is 10.9. The lowest BCUT2D eigenvalue weighted by molar-refractivity contribution is 0.0604. The van der Waals surface area contributed by atoms with Gasteiger partial charge >= 0.3 is 0 Å². The summed E-state index contributed by atoms with van der Waals surface area (Å²) in [5.41, 5.74) is 0.818. The zero-order valence-electron chi connectivity index (χ0n) is 9.33. The molecule has 1 N–H and O–H groups in total. The number of aliphatic hydroxyl groups excluding tert-OH is 1. The minimum atomic E-state index is -0.454. The number of rotatable bonds is 3. The van der Waals surface area contributed by atoms with Gasteiger partial charge in [-0.2, -0.15) is 0 Å². The molecule has 15 heavy (non-hydrogen) atoms. The molecule has 1 aromatic carbocycles. The minimum absolute atomic E-state index is 0.150. The van der Waals surface area contributed by atoms with E-state index in [-0.39, 0.29) is 5.41 Å². The molecule has 1 aromatic rings. The molecule has 0 aliphatic rings. The van der Waals surface area contributed by atoms with Gasteiger partial charge in [-0.05, 0) is 17.0 Å². The SMILES string of the molecule is CC(C)(C)C(O)c1ccccc1SCCl. The van der Waals surface area contributed by atoms with Gasteiger partial charge in [0.05, 0.1) is 11.3 Å². The molecule has 1 atom stereocenters. The Hall–Kier alpha value is -0.180. The second-order valence-corrected chi connectivity index (χ2v) is 6.16. The smallest absolute Gasteiger partial charge is 0.0849 e. The highest BCUT2D eigenvalue weighted by molar-refractivity contribution is 8.00. The molecule has 0 heterocycles. The van der Waals surface area contributed by atoms with E-state index in [1.54, 1.807) is 11.8 Å². The monoisotopic (exact) mass is 244 g/mol. The van der Waals surface area contributed by atoms with Gasteiger partial charge in [-0.1, -0.05) is 39.0 Å². The third-order valence-electron chi connectivity index (χ3n) is 2.24. The van der Waals surface area contributed by atoms with Crippen LogP contribution in [0.3, 0.4) is 0 Å². The first kappa shape index (κ1) is 12.9. The van der Waals surface area contributed by atoms with Crippen molar-refractivity contribution in [3.05, 3.63) is 29.8 Å². The molecule has 0 saturated heterocycles. The molecule has 0 aromatic heterocycles. The fourth-order valence-corrected chi connectivity index (χ4v) is 2.35. The number of aliphatic hydroxyl groups is 1. The Kier molecular flexibility index (Phi) is 4.50. The number of alkyl halides is 1. The molecular formula is C12H17ClOS. The summed E-state index contributed by atoms with van der Waals surface area (Å²) in [6, 6.07) is 7.87. The Balaban J connectivity index is 3.02. The van der Waals surface area contributed by atoms with Crippen molar-refractivity contribution in [1.29, 1.82) is 0 Å².